The Bertz CT molecular complexity index is 359. The number of hydrogen-bond donors (Lipinski definition) is 0. The van der Waals surface area contributed by atoms with Gasteiger partial charge in [-0.05, 0) is 37.1 Å². The topological polar surface area (TPSA) is 26.3 Å². The molecule has 0 aliphatic rings. The maximum Gasteiger partial charge on any atom is 0.176 e. The molecule has 0 saturated heterocycles. The van der Waals surface area contributed by atoms with Crippen LogP contribution in [0.4, 0.5) is 0 Å². The molecule has 0 spiro atoms. The van der Waals surface area contributed by atoms with Gasteiger partial charge in [-0.2, -0.15) is 0 Å². The van der Waals surface area contributed by atoms with Crippen molar-refractivity contribution < 1.29 is 9.53 Å². The zero-order valence-corrected chi connectivity index (χ0v) is 10.8. The average molecular weight is 271 g/mol. The van der Waals surface area contributed by atoms with Crippen LogP contribution < -0.4 is 4.74 Å². The summed E-state index contributed by atoms with van der Waals surface area (Å²) in [5.41, 5.74) is 1.80. The second kappa shape index (κ2) is 5.31. The molecule has 1 aromatic carbocycles. The Hall–Kier alpha value is -0.830. The molecule has 3 heteroatoms. The highest BCUT2D eigenvalue weighted by Gasteiger charge is 2.13. The standard InChI is InChI=1S/C12H15BrO2/c1-4-9-7-10(12(14)8(2)13)5-6-11(9)15-3/h5-8H,4H2,1-3H3. The lowest BCUT2D eigenvalue weighted by atomic mass is 10.0. The van der Waals surface area contributed by atoms with Crippen molar-refractivity contribution in [3.8, 4) is 5.75 Å². The summed E-state index contributed by atoms with van der Waals surface area (Å²) in [5, 5.41) is 0. The van der Waals surface area contributed by atoms with E-state index in [4.69, 9.17) is 4.74 Å². The normalized spacial score (nSPS) is 12.3. The van der Waals surface area contributed by atoms with E-state index in [-0.39, 0.29) is 10.6 Å². The van der Waals surface area contributed by atoms with Crippen LogP contribution in [0.25, 0.3) is 0 Å². The SMILES string of the molecule is CCc1cc(C(=O)C(C)Br)ccc1OC. The molecule has 15 heavy (non-hydrogen) atoms. The van der Waals surface area contributed by atoms with Gasteiger partial charge in [-0.25, -0.2) is 0 Å². The molecule has 0 bridgehead atoms. The van der Waals surface area contributed by atoms with E-state index >= 15 is 0 Å². The van der Waals surface area contributed by atoms with E-state index < -0.39 is 0 Å². The van der Waals surface area contributed by atoms with Crippen molar-refractivity contribution in [3.63, 3.8) is 0 Å². The van der Waals surface area contributed by atoms with Crippen LogP contribution in [0.5, 0.6) is 5.75 Å². The van der Waals surface area contributed by atoms with Gasteiger partial charge in [-0.3, -0.25) is 4.79 Å². The van der Waals surface area contributed by atoms with E-state index in [1.165, 1.54) is 0 Å². The summed E-state index contributed by atoms with van der Waals surface area (Å²) in [6.45, 7) is 3.88. The van der Waals surface area contributed by atoms with Gasteiger partial charge in [0.15, 0.2) is 5.78 Å². The van der Waals surface area contributed by atoms with Gasteiger partial charge in [-0.1, -0.05) is 22.9 Å². The highest BCUT2D eigenvalue weighted by Crippen LogP contribution is 2.21. The third kappa shape index (κ3) is 2.81. The van der Waals surface area contributed by atoms with Gasteiger partial charge in [0.1, 0.15) is 5.75 Å². The van der Waals surface area contributed by atoms with E-state index in [9.17, 15) is 4.79 Å². The van der Waals surface area contributed by atoms with Gasteiger partial charge in [0.25, 0.3) is 0 Å². The van der Waals surface area contributed by atoms with Crippen LogP contribution in [0.15, 0.2) is 18.2 Å². The van der Waals surface area contributed by atoms with Gasteiger partial charge in [-0.15, -0.1) is 0 Å². The van der Waals surface area contributed by atoms with Crippen molar-refractivity contribution in [2.45, 2.75) is 25.1 Å². The first-order valence-corrected chi connectivity index (χ1v) is 5.87. The number of hydrogen-bond acceptors (Lipinski definition) is 2. The Morgan fingerprint density at radius 2 is 2.20 bits per heavy atom. The molecule has 0 aromatic heterocycles. The molecule has 0 radical (unpaired) electrons. The van der Waals surface area contributed by atoms with Gasteiger partial charge in [0.05, 0.1) is 11.9 Å². The number of rotatable bonds is 4. The molecular formula is C12H15BrO2. The summed E-state index contributed by atoms with van der Waals surface area (Å²) in [5.74, 6) is 0.948. The predicted molar refractivity (Wildman–Crippen MR) is 65.1 cm³/mol. The van der Waals surface area contributed by atoms with E-state index in [0.29, 0.717) is 0 Å². The lowest BCUT2D eigenvalue weighted by molar-refractivity contribution is 0.0995. The first-order chi connectivity index (χ1) is 7.10. The summed E-state index contributed by atoms with van der Waals surface area (Å²) in [6, 6.07) is 5.55. The Labute approximate surface area is 98.8 Å². The van der Waals surface area contributed by atoms with E-state index in [0.717, 1.165) is 23.3 Å². The third-order valence-corrected chi connectivity index (χ3v) is 2.72. The maximum atomic E-state index is 11.7. The number of halogens is 1. The number of carbonyl (C=O) groups is 1. The number of Topliss-reactive ketones (excluding diaryl/α,β-unsaturated/α-hetero) is 1. The first-order valence-electron chi connectivity index (χ1n) is 4.95. The fraction of sp³-hybridized carbons (Fsp3) is 0.417. The largest absolute Gasteiger partial charge is 0.496 e. The molecule has 1 rings (SSSR count). The molecule has 0 saturated carbocycles. The van der Waals surface area contributed by atoms with Crippen molar-refractivity contribution in [1.29, 1.82) is 0 Å². The van der Waals surface area contributed by atoms with Crippen LogP contribution in [0.2, 0.25) is 0 Å². The highest BCUT2D eigenvalue weighted by atomic mass is 79.9. The molecule has 82 valence electrons. The van der Waals surface area contributed by atoms with Crippen LogP contribution in [0, 0.1) is 0 Å². The Morgan fingerprint density at radius 1 is 1.53 bits per heavy atom. The molecule has 1 atom stereocenters. The van der Waals surface area contributed by atoms with Gasteiger partial charge >= 0.3 is 0 Å². The molecule has 2 nitrogen and oxygen atoms in total. The van der Waals surface area contributed by atoms with Crippen LogP contribution >= 0.6 is 15.9 Å². The van der Waals surface area contributed by atoms with Crippen LogP contribution in [0.3, 0.4) is 0 Å². The molecule has 0 amide bonds. The summed E-state index contributed by atoms with van der Waals surface area (Å²) in [4.78, 5) is 11.6. The number of ketones is 1. The quantitative estimate of drug-likeness (QED) is 0.620. The smallest absolute Gasteiger partial charge is 0.176 e. The number of ether oxygens (including phenoxy) is 1. The number of alkyl halides is 1. The van der Waals surface area contributed by atoms with Crippen LogP contribution in [-0.4, -0.2) is 17.7 Å². The minimum absolute atomic E-state index is 0.104. The number of benzene rings is 1. The lowest BCUT2D eigenvalue weighted by Crippen LogP contribution is -2.10. The van der Waals surface area contributed by atoms with Crippen LogP contribution in [-0.2, 0) is 6.42 Å². The second-order valence-corrected chi connectivity index (χ2v) is 4.73. The van der Waals surface area contributed by atoms with Crippen molar-refractivity contribution >= 4 is 21.7 Å². The predicted octanol–water partition coefficient (Wildman–Crippen LogP) is 3.22. The van der Waals surface area contributed by atoms with Gasteiger partial charge in [0.2, 0.25) is 0 Å². The number of methoxy groups -OCH3 is 1. The fourth-order valence-corrected chi connectivity index (χ4v) is 1.70. The number of aryl methyl sites for hydroxylation is 1. The summed E-state index contributed by atoms with van der Waals surface area (Å²) in [7, 11) is 1.64. The molecule has 1 unspecified atom stereocenters. The number of carbonyl (C=O) groups excluding carboxylic acids is 1. The molecule has 0 heterocycles. The van der Waals surface area contributed by atoms with Crippen LogP contribution in [0.1, 0.15) is 29.8 Å². The summed E-state index contributed by atoms with van der Waals surface area (Å²) in [6.07, 6.45) is 0.862. The minimum Gasteiger partial charge on any atom is -0.496 e. The molecule has 0 fully saturated rings. The van der Waals surface area contributed by atoms with E-state index in [1.807, 2.05) is 26.0 Å². The zero-order chi connectivity index (χ0) is 11.4. The van der Waals surface area contributed by atoms with E-state index in [2.05, 4.69) is 15.9 Å². The molecular weight excluding hydrogens is 256 g/mol. The van der Waals surface area contributed by atoms with Crippen molar-refractivity contribution in [3.05, 3.63) is 29.3 Å². The van der Waals surface area contributed by atoms with Gasteiger partial charge < -0.3 is 4.74 Å². The Morgan fingerprint density at radius 3 is 2.67 bits per heavy atom. The molecule has 0 aliphatic heterocycles. The monoisotopic (exact) mass is 270 g/mol. The molecule has 0 N–H and O–H groups in total. The molecule has 1 aromatic rings. The minimum atomic E-state index is -0.143. The first kappa shape index (κ1) is 12.2. The Kier molecular flexibility index (Phi) is 4.33. The van der Waals surface area contributed by atoms with Crippen molar-refractivity contribution in [2.75, 3.05) is 7.11 Å². The second-order valence-electron chi connectivity index (χ2n) is 3.36. The summed E-state index contributed by atoms with van der Waals surface area (Å²) >= 11 is 3.28. The average Bonchev–Trinajstić information content (AvgIpc) is 2.26. The Balaban J connectivity index is 3.08. The fourth-order valence-electron chi connectivity index (χ4n) is 1.44. The van der Waals surface area contributed by atoms with E-state index in [1.54, 1.807) is 13.2 Å². The third-order valence-electron chi connectivity index (χ3n) is 2.31. The van der Waals surface area contributed by atoms with Gasteiger partial charge in [0, 0.05) is 5.56 Å². The van der Waals surface area contributed by atoms with Crippen molar-refractivity contribution in [1.82, 2.24) is 0 Å². The summed E-state index contributed by atoms with van der Waals surface area (Å²) < 4.78 is 5.21. The van der Waals surface area contributed by atoms with Crippen molar-refractivity contribution in [2.24, 2.45) is 0 Å². The highest BCUT2D eigenvalue weighted by molar-refractivity contribution is 9.10. The maximum absolute atomic E-state index is 11.7. The molecule has 0 aliphatic carbocycles. The zero-order valence-electron chi connectivity index (χ0n) is 9.21. The lowest BCUT2D eigenvalue weighted by Gasteiger charge is -2.09.